The summed E-state index contributed by atoms with van der Waals surface area (Å²) in [5, 5.41) is 22.1. The molecule has 0 spiro atoms. The molecule has 0 aromatic heterocycles. The number of aromatic hydroxyl groups is 1. The molecule has 6 nitrogen and oxygen atoms in total. The second-order valence-corrected chi connectivity index (χ2v) is 5.24. The molecule has 0 amide bonds. The Kier molecular flexibility index (Phi) is 5.24. The maximum absolute atomic E-state index is 10.6. The van der Waals surface area contributed by atoms with Crippen molar-refractivity contribution in [2.75, 3.05) is 0 Å². The van der Waals surface area contributed by atoms with Gasteiger partial charge in [-0.15, -0.1) is 0 Å². The summed E-state index contributed by atoms with van der Waals surface area (Å²) in [5.41, 5.74) is -0.0671. The molecule has 0 fully saturated rings. The van der Waals surface area contributed by atoms with E-state index in [0.29, 0.717) is 0 Å². The van der Waals surface area contributed by atoms with Crippen LogP contribution in [0.3, 0.4) is 0 Å². The number of rotatable bonds is 2. The Hall–Kier alpha value is -2.38. The highest BCUT2D eigenvalue weighted by Gasteiger charge is 2.05. The summed E-state index contributed by atoms with van der Waals surface area (Å²) in [6.07, 6.45) is 0. The van der Waals surface area contributed by atoms with Crippen molar-refractivity contribution in [2.24, 2.45) is 5.14 Å². The fraction of sp³-hybridized carbons (Fsp3) is 0. The quantitative estimate of drug-likeness (QED) is 0.774. The van der Waals surface area contributed by atoms with Gasteiger partial charge in [0.2, 0.25) is 10.0 Å². The molecule has 0 bridgehead atoms. The number of phenols is 1. The molecule has 2 aromatic rings. The summed E-state index contributed by atoms with van der Waals surface area (Å²) in [4.78, 5) is 10.4. The molecule has 0 atom stereocenters. The summed E-state index contributed by atoms with van der Waals surface area (Å²) in [7, 11) is -3.50. The Labute approximate surface area is 116 Å². The Morgan fingerprint density at radius 3 is 1.80 bits per heavy atom. The molecular weight excluding hydrogens is 282 g/mol. The summed E-state index contributed by atoms with van der Waals surface area (Å²) >= 11 is 0. The molecule has 4 N–H and O–H groups in total. The number of aromatic carboxylic acids is 1. The summed E-state index contributed by atoms with van der Waals surface area (Å²) in [6.45, 7) is 0. The van der Waals surface area contributed by atoms with E-state index in [1.807, 2.05) is 0 Å². The average molecular weight is 295 g/mol. The Balaban J connectivity index is 0.000000200. The first-order chi connectivity index (χ1) is 9.32. The van der Waals surface area contributed by atoms with Gasteiger partial charge in [-0.3, -0.25) is 0 Å². The fourth-order valence-corrected chi connectivity index (χ4v) is 1.80. The monoisotopic (exact) mass is 295 g/mol. The number of primary sulfonamides is 1. The van der Waals surface area contributed by atoms with Gasteiger partial charge in [-0.05, 0) is 24.3 Å². The number of sulfonamides is 1. The fourth-order valence-electron chi connectivity index (χ4n) is 1.26. The maximum atomic E-state index is 10.6. The zero-order valence-corrected chi connectivity index (χ0v) is 11.1. The lowest BCUT2D eigenvalue weighted by Gasteiger charge is -1.95. The number of carbonyl (C=O) groups is 1. The first-order valence-electron chi connectivity index (χ1n) is 5.41. The van der Waals surface area contributed by atoms with E-state index >= 15 is 0 Å². The molecule has 2 aromatic carbocycles. The van der Waals surface area contributed by atoms with Gasteiger partial charge in [0, 0.05) is 0 Å². The molecule has 0 saturated carbocycles. The van der Waals surface area contributed by atoms with Gasteiger partial charge in [-0.2, -0.15) is 0 Å². The van der Waals surface area contributed by atoms with Crippen molar-refractivity contribution in [1.82, 2.24) is 0 Å². The van der Waals surface area contributed by atoms with Crippen molar-refractivity contribution in [3.05, 3.63) is 60.2 Å². The van der Waals surface area contributed by atoms with Crippen LogP contribution in [0.4, 0.5) is 0 Å². The van der Waals surface area contributed by atoms with Crippen molar-refractivity contribution < 1.29 is 23.4 Å². The summed E-state index contributed by atoms with van der Waals surface area (Å²) in [5.74, 6) is -1.31. The van der Waals surface area contributed by atoms with Crippen molar-refractivity contribution >= 4 is 16.0 Å². The predicted molar refractivity (Wildman–Crippen MR) is 72.9 cm³/mol. The Morgan fingerprint density at radius 1 is 0.950 bits per heavy atom. The van der Waals surface area contributed by atoms with Gasteiger partial charge in [-0.25, -0.2) is 18.4 Å². The minimum absolute atomic E-state index is 0.0671. The minimum Gasteiger partial charge on any atom is -0.507 e. The van der Waals surface area contributed by atoms with Gasteiger partial charge in [-0.1, -0.05) is 30.3 Å². The van der Waals surface area contributed by atoms with Crippen LogP contribution >= 0.6 is 0 Å². The number of hydrogen-bond donors (Lipinski definition) is 3. The number of hydrogen-bond acceptors (Lipinski definition) is 4. The number of para-hydroxylation sites is 1. The van der Waals surface area contributed by atoms with Gasteiger partial charge in [0.05, 0.1) is 4.90 Å². The summed E-state index contributed by atoms with van der Waals surface area (Å²) < 4.78 is 21.2. The van der Waals surface area contributed by atoms with Crippen LogP contribution in [0.25, 0.3) is 0 Å². The van der Waals surface area contributed by atoms with Crippen molar-refractivity contribution in [3.8, 4) is 5.75 Å². The largest absolute Gasteiger partial charge is 0.507 e. The molecule has 0 heterocycles. The average Bonchev–Trinajstić information content (AvgIpc) is 2.40. The molecule has 106 valence electrons. The highest BCUT2D eigenvalue weighted by molar-refractivity contribution is 7.89. The number of carboxylic acid groups (broad SMARTS) is 1. The van der Waals surface area contributed by atoms with E-state index < -0.39 is 16.0 Å². The highest BCUT2D eigenvalue weighted by Crippen LogP contribution is 2.14. The third-order valence-corrected chi connectivity index (χ3v) is 3.14. The molecule has 0 radical (unpaired) electrons. The Morgan fingerprint density at radius 2 is 1.45 bits per heavy atom. The minimum atomic E-state index is -3.50. The standard InChI is InChI=1S/C7H6O3.C6H7NO2S/c8-6-4-2-1-3-5(6)7(9)10;7-10(8,9)6-4-2-1-3-5-6/h1-4,8H,(H,9,10);1-5H,(H2,7,8,9). The Bertz CT molecular complexity index is 683. The zero-order chi connectivity index (χ0) is 15.2. The van der Waals surface area contributed by atoms with Crippen LogP contribution in [0.1, 0.15) is 10.4 Å². The van der Waals surface area contributed by atoms with Crippen LogP contribution in [0.15, 0.2) is 59.5 Å². The predicted octanol–water partition coefficient (Wildman–Crippen LogP) is 1.42. The van der Waals surface area contributed by atoms with Crippen molar-refractivity contribution in [3.63, 3.8) is 0 Å². The van der Waals surface area contributed by atoms with E-state index in [1.165, 1.54) is 24.3 Å². The number of nitrogens with two attached hydrogens (primary N) is 1. The second kappa shape index (κ2) is 6.69. The van der Waals surface area contributed by atoms with E-state index in [-0.39, 0.29) is 16.2 Å². The second-order valence-electron chi connectivity index (χ2n) is 3.68. The maximum Gasteiger partial charge on any atom is 0.339 e. The van der Waals surface area contributed by atoms with Gasteiger partial charge in [0.25, 0.3) is 0 Å². The van der Waals surface area contributed by atoms with E-state index in [1.54, 1.807) is 30.3 Å². The van der Waals surface area contributed by atoms with E-state index in [2.05, 4.69) is 0 Å². The van der Waals surface area contributed by atoms with E-state index in [4.69, 9.17) is 15.4 Å². The first-order valence-corrected chi connectivity index (χ1v) is 6.96. The highest BCUT2D eigenvalue weighted by atomic mass is 32.2. The van der Waals surface area contributed by atoms with Crippen LogP contribution < -0.4 is 5.14 Å². The van der Waals surface area contributed by atoms with Crippen LogP contribution in [-0.4, -0.2) is 24.6 Å². The normalized spacial score (nSPS) is 10.2. The van der Waals surface area contributed by atoms with Crippen LogP contribution in [-0.2, 0) is 10.0 Å². The summed E-state index contributed by atoms with van der Waals surface area (Å²) in [6, 6.07) is 13.7. The van der Waals surface area contributed by atoms with Crippen LogP contribution in [0.5, 0.6) is 5.75 Å². The molecule has 2 rings (SSSR count). The molecule has 0 aliphatic heterocycles. The van der Waals surface area contributed by atoms with Crippen molar-refractivity contribution in [1.29, 1.82) is 0 Å². The molecular formula is C13H13NO5S. The molecule has 0 saturated heterocycles. The molecule has 0 aliphatic rings. The third kappa shape index (κ3) is 4.71. The zero-order valence-electron chi connectivity index (χ0n) is 10.3. The lowest BCUT2D eigenvalue weighted by atomic mass is 10.2. The van der Waals surface area contributed by atoms with E-state index in [0.717, 1.165) is 0 Å². The number of benzene rings is 2. The van der Waals surface area contributed by atoms with Crippen LogP contribution in [0.2, 0.25) is 0 Å². The first kappa shape index (κ1) is 15.7. The molecule has 20 heavy (non-hydrogen) atoms. The van der Waals surface area contributed by atoms with Crippen molar-refractivity contribution in [2.45, 2.75) is 4.90 Å². The lowest BCUT2D eigenvalue weighted by molar-refractivity contribution is 0.0693. The SMILES string of the molecule is NS(=O)(=O)c1ccccc1.O=C(O)c1ccccc1O. The van der Waals surface area contributed by atoms with Gasteiger partial charge in [0.1, 0.15) is 11.3 Å². The number of carboxylic acids is 1. The smallest absolute Gasteiger partial charge is 0.339 e. The molecule has 0 unspecified atom stereocenters. The molecule has 7 heteroatoms. The van der Waals surface area contributed by atoms with E-state index in [9.17, 15) is 13.2 Å². The van der Waals surface area contributed by atoms with Gasteiger partial charge in [0.15, 0.2) is 0 Å². The van der Waals surface area contributed by atoms with Gasteiger partial charge < -0.3 is 10.2 Å². The molecule has 0 aliphatic carbocycles. The third-order valence-electron chi connectivity index (χ3n) is 2.21. The van der Waals surface area contributed by atoms with Gasteiger partial charge >= 0.3 is 5.97 Å². The lowest BCUT2D eigenvalue weighted by Crippen LogP contribution is -2.11. The van der Waals surface area contributed by atoms with Crippen LogP contribution in [0, 0.1) is 0 Å². The topological polar surface area (TPSA) is 118 Å².